The summed E-state index contributed by atoms with van der Waals surface area (Å²) in [7, 11) is 0. The van der Waals surface area contributed by atoms with Crippen molar-refractivity contribution in [2.45, 2.75) is 5.41 Å². The smallest absolute Gasteiger partial charge is 0.143 e. The van der Waals surface area contributed by atoms with Gasteiger partial charge in [-0.05, 0) is 133 Å². The molecule has 0 aliphatic heterocycles. The van der Waals surface area contributed by atoms with E-state index >= 15 is 0 Å². The van der Waals surface area contributed by atoms with Crippen molar-refractivity contribution in [1.29, 1.82) is 0 Å². The van der Waals surface area contributed by atoms with Crippen LogP contribution >= 0.6 is 0 Å². The SMILES string of the molecule is c1ccc(C2(c3ccccc3)c3ccccc3-c3c(N(c4ccc(-c5cccc(-c6ccc7oc8ccccc8c7c6)c5)cc4)c4ccc(-c5cccc(-c6cccc7c6oc6ccccc67)c5)cc4)cccc32)cc1. The summed E-state index contributed by atoms with van der Waals surface area (Å²) < 4.78 is 12.7. The van der Waals surface area contributed by atoms with E-state index < -0.39 is 5.41 Å². The van der Waals surface area contributed by atoms with Crippen molar-refractivity contribution in [3.63, 3.8) is 0 Å². The Balaban J connectivity index is 0.862. The molecule has 0 atom stereocenters. The quantitative estimate of drug-likeness (QED) is 0.144. The van der Waals surface area contributed by atoms with Gasteiger partial charge in [0.15, 0.2) is 0 Å². The summed E-state index contributed by atoms with van der Waals surface area (Å²) in [6, 6.07) is 103. The van der Waals surface area contributed by atoms with Crippen molar-refractivity contribution < 1.29 is 8.83 Å². The largest absolute Gasteiger partial charge is 0.456 e. The van der Waals surface area contributed by atoms with Crippen LogP contribution in [0.4, 0.5) is 17.1 Å². The van der Waals surface area contributed by atoms with Crippen molar-refractivity contribution >= 4 is 60.9 Å². The molecule has 15 rings (SSSR count). The molecule has 76 heavy (non-hydrogen) atoms. The van der Waals surface area contributed by atoms with Crippen LogP contribution in [0.3, 0.4) is 0 Å². The molecule has 0 saturated carbocycles. The lowest BCUT2D eigenvalue weighted by Crippen LogP contribution is -2.28. The summed E-state index contributed by atoms with van der Waals surface area (Å²) in [6.07, 6.45) is 0. The standard InChI is InChI=1S/C73H47NO2/c1-3-21-55(22-4-1)73(56-23-5-2-6-24-56)65-30-10-7-27-63(65)71-66(73)31-16-32-67(71)74(57-40-35-48(36-41-57)50-17-13-19-52(45-50)53-39-44-70-64(47-53)61-26-9-11-33-68(61)75-70)58-42-37-49(38-43-58)51-18-14-20-54(46-51)59-28-15-29-62-60-25-8-12-34-69(60)76-72(59)62/h1-47H. The van der Waals surface area contributed by atoms with Crippen molar-refractivity contribution in [3.8, 4) is 55.6 Å². The van der Waals surface area contributed by atoms with Gasteiger partial charge in [0, 0.05) is 44.0 Å². The lowest BCUT2D eigenvalue weighted by Gasteiger charge is -2.34. The Bertz CT molecular complexity index is 4470. The van der Waals surface area contributed by atoms with Gasteiger partial charge in [0.1, 0.15) is 22.3 Å². The summed E-state index contributed by atoms with van der Waals surface area (Å²) in [4.78, 5) is 2.45. The van der Waals surface area contributed by atoms with E-state index in [0.717, 1.165) is 105 Å². The minimum atomic E-state index is -0.540. The van der Waals surface area contributed by atoms with E-state index in [1.165, 1.54) is 33.4 Å². The number of nitrogens with zero attached hydrogens (tertiary/aromatic N) is 1. The maximum absolute atomic E-state index is 6.50. The molecule has 0 spiro atoms. The number of hydrogen-bond acceptors (Lipinski definition) is 3. The molecule has 0 fully saturated rings. The van der Waals surface area contributed by atoms with Crippen molar-refractivity contribution in [3.05, 3.63) is 307 Å². The van der Waals surface area contributed by atoms with Crippen LogP contribution in [0.25, 0.3) is 99.5 Å². The zero-order valence-corrected chi connectivity index (χ0v) is 41.4. The van der Waals surface area contributed by atoms with E-state index in [-0.39, 0.29) is 0 Å². The fraction of sp³-hybridized carbons (Fsp3) is 0.0137. The van der Waals surface area contributed by atoms with Crippen molar-refractivity contribution in [1.82, 2.24) is 0 Å². The normalized spacial score (nSPS) is 12.6. The molecule has 2 heterocycles. The van der Waals surface area contributed by atoms with E-state index in [9.17, 15) is 0 Å². The molecule has 12 aromatic carbocycles. The molecule has 0 amide bonds. The van der Waals surface area contributed by atoms with E-state index in [2.05, 4.69) is 266 Å². The molecule has 356 valence electrons. The summed E-state index contributed by atoms with van der Waals surface area (Å²) in [5.41, 5.74) is 22.9. The van der Waals surface area contributed by atoms with E-state index in [0.29, 0.717) is 0 Å². The predicted octanol–water partition coefficient (Wildman–Crippen LogP) is 20.0. The monoisotopic (exact) mass is 969 g/mol. The van der Waals surface area contributed by atoms with E-state index in [1.807, 2.05) is 24.3 Å². The lowest BCUT2D eigenvalue weighted by molar-refractivity contribution is 0.669. The van der Waals surface area contributed by atoms with Gasteiger partial charge >= 0.3 is 0 Å². The van der Waals surface area contributed by atoms with Gasteiger partial charge in [-0.2, -0.15) is 0 Å². The summed E-state index contributed by atoms with van der Waals surface area (Å²) in [5.74, 6) is 0. The third-order valence-electron chi connectivity index (χ3n) is 15.8. The van der Waals surface area contributed by atoms with E-state index in [1.54, 1.807) is 0 Å². The lowest BCUT2D eigenvalue weighted by atomic mass is 9.68. The zero-order valence-electron chi connectivity index (χ0n) is 41.4. The summed E-state index contributed by atoms with van der Waals surface area (Å²) >= 11 is 0. The number of rotatable bonds is 9. The number of fused-ring (bicyclic) bond motifs is 9. The third-order valence-corrected chi connectivity index (χ3v) is 15.8. The number of furan rings is 2. The first-order valence-corrected chi connectivity index (χ1v) is 26.1. The molecule has 0 bridgehead atoms. The third kappa shape index (κ3) is 6.90. The predicted molar refractivity (Wildman–Crippen MR) is 315 cm³/mol. The zero-order chi connectivity index (χ0) is 50.2. The number of anilines is 3. The van der Waals surface area contributed by atoms with Gasteiger partial charge in [-0.25, -0.2) is 0 Å². The molecule has 2 aromatic heterocycles. The Hall–Kier alpha value is -9.96. The first-order valence-electron chi connectivity index (χ1n) is 26.1. The Morgan fingerprint density at radius 1 is 0.276 bits per heavy atom. The van der Waals surface area contributed by atoms with Crippen molar-refractivity contribution in [2.24, 2.45) is 0 Å². The Kier molecular flexibility index (Phi) is 10.1. The second-order valence-corrected chi connectivity index (χ2v) is 19.9. The second-order valence-electron chi connectivity index (χ2n) is 19.9. The Morgan fingerprint density at radius 2 is 0.737 bits per heavy atom. The van der Waals surface area contributed by atoms with Gasteiger partial charge in [0.25, 0.3) is 0 Å². The number of benzene rings is 12. The van der Waals surface area contributed by atoms with Crippen LogP contribution in [0, 0.1) is 0 Å². The van der Waals surface area contributed by atoms with Crippen LogP contribution < -0.4 is 4.90 Å². The first kappa shape index (κ1) is 43.6. The van der Waals surface area contributed by atoms with Gasteiger partial charge in [0.2, 0.25) is 0 Å². The van der Waals surface area contributed by atoms with Gasteiger partial charge < -0.3 is 13.7 Å². The van der Waals surface area contributed by atoms with Gasteiger partial charge in [0.05, 0.1) is 11.1 Å². The first-order chi connectivity index (χ1) is 37.7. The van der Waals surface area contributed by atoms with Crippen molar-refractivity contribution in [2.75, 3.05) is 4.90 Å². The van der Waals surface area contributed by atoms with E-state index in [4.69, 9.17) is 8.83 Å². The van der Waals surface area contributed by atoms with Gasteiger partial charge in [-0.1, -0.05) is 218 Å². The fourth-order valence-electron chi connectivity index (χ4n) is 12.3. The van der Waals surface area contributed by atoms with Gasteiger partial charge in [-0.3, -0.25) is 0 Å². The molecule has 1 aliphatic carbocycles. The highest BCUT2D eigenvalue weighted by Crippen LogP contribution is 2.59. The Morgan fingerprint density at radius 3 is 1.42 bits per heavy atom. The van der Waals surface area contributed by atoms with Crippen LogP contribution in [-0.2, 0) is 5.41 Å². The van der Waals surface area contributed by atoms with Crippen LogP contribution in [0.2, 0.25) is 0 Å². The molecular formula is C73H47NO2. The number of para-hydroxylation sites is 3. The minimum absolute atomic E-state index is 0.540. The summed E-state index contributed by atoms with van der Waals surface area (Å²) in [5, 5.41) is 4.51. The second kappa shape index (κ2) is 17.6. The molecule has 14 aromatic rings. The molecule has 1 aliphatic rings. The molecule has 0 radical (unpaired) electrons. The summed E-state index contributed by atoms with van der Waals surface area (Å²) in [6.45, 7) is 0. The minimum Gasteiger partial charge on any atom is -0.456 e. The average molecular weight is 970 g/mol. The number of hydrogen-bond donors (Lipinski definition) is 0. The highest BCUT2D eigenvalue weighted by atomic mass is 16.3. The highest BCUT2D eigenvalue weighted by molar-refractivity contribution is 6.10. The molecule has 3 heteroatoms. The van der Waals surface area contributed by atoms with Gasteiger partial charge in [-0.15, -0.1) is 0 Å². The molecule has 0 unspecified atom stereocenters. The van der Waals surface area contributed by atoms with Crippen LogP contribution in [0.5, 0.6) is 0 Å². The topological polar surface area (TPSA) is 29.5 Å². The van der Waals surface area contributed by atoms with Crippen LogP contribution in [-0.4, -0.2) is 0 Å². The van der Waals surface area contributed by atoms with Crippen LogP contribution in [0.1, 0.15) is 22.3 Å². The van der Waals surface area contributed by atoms with Crippen LogP contribution in [0.15, 0.2) is 294 Å². The average Bonchev–Trinajstić information content (AvgIpc) is 4.32. The molecule has 0 N–H and O–H groups in total. The highest BCUT2D eigenvalue weighted by Gasteiger charge is 2.47. The fourth-order valence-corrected chi connectivity index (χ4v) is 12.3. The molecule has 3 nitrogen and oxygen atoms in total. The molecule has 0 saturated heterocycles. The maximum atomic E-state index is 6.50. The molecular weight excluding hydrogens is 923 g/mol. The Labute approximate surface area is 440 Å². The maximum Gasteiger partial charge on any atom is 0.143 e.